The molecular weight excluding hydrogens is 384 g/mol. The minimum Gasteiger partial charge on any atom is -0.395 e. The second-order valence-corrected chi connectivity index (χ2v) is 7.80. The smallest absolute Gasteiger partial charge is 0.395 e. The van der Waals surface area contributed by atoms with Gasteiger partial charge in [0.15, 0.2) is 0 Å². The Balaban J connectivity index is 1.65. The highest BCUT2D eigenvalue weighted by molar-refractivity contribution is 5.47. The van der Waals surface area contributed by atoms with Crippen molar-refractivity contribution < 1.29 is 22.7 Å². The molecule has 1 N–H and O–H groups in total. The first-order chi connectivity index (χ1) is 13.9. The largest absolute Gasteiger partial charge is 0.416 e. The SMILES string of the molecule is OCCN1CCN([C@H]2C[C@H](c3ccc(F)cc3)c3ccc(C(F)(F)F)cc32)CC1. The Morgan fingerprint density at radius 3 is 2.24 bits per heavy atom. The number of hydrogen-bond acceptors (Lipinski definition) is 3. The minimum atomic E-state index is -4.38. The average Bonchev–Trinajstić information content (AvgIpc) is 3.08. The van der Waals surface area contributed by atoms with Gasteiger partial charge in [-0.3, -0.25) is 9.80 Å². The van der Waals surface area contributed by atoms with Crippen LogP contribution in [0.4, 0.5) is 17.6 Å². The van der Waals surface area contributed by atoms with Gasteiger partial charge in [0, 0.05) is 44.7 Å². The maximum Gasteiger partial charge on any atom is 0.416 e. The molecular formula is C22H24F4N2O. The normalized spacial score (nSPS) is 23.3. The lowest BCUT2D eigenvalue weighted by Crippen LogP contribution is -2.48. The molecule has 0 amide bonds. The summed E-state index contributed by atoms with van der Waals surface area (Å²) in [5.74, 6) is -0.371. The van der Waals surface area contributed by atoms with Crippen LogP contribution in [0.1, 0.15) is 40.6 Å². The fourth-order valence-electron chi connectivity index (χ4n) is 4.63. The molecule has 0 saturated carbocycles. The van der Waals surface area contributed by atoms with Crippen LogP contribution < -0.4 is 0 Å². The number of aliphatic hydroxyl groups excluding tert-OH is 1. The van der Waals surface area contributed by atoms with Crippen molar-refractivity contribution in [3.63, 3.8) is 0 Å². The lowest BCUT2D eigenvalue weighted by Gasteiger charge is -2.38. The zero-order valence-corrected chi connectivity index (χ0v) is 16.0. The third-order valence-electron chi connectivity index (χ3n) is 6.14. The Hall–Kier alpha value is -1.96. The topological polar surface area (TPSA) is 26.7 Å². The van der Waals surface area contributed by atoms with E-state index in [4.69, 9.17) is 5.11 Å². The standard InChI is InChI=1S/C22H24F4N2O/c23-17-4-1-15(2-5-17)19-14-21(28-9-7-27(8-10-28)11-12-29)20-13-16(22(24,25)26)3-6-18(19)20/h1-6,13,19,21,29H,7-12,14H2/t19-,21+/m1/s1. The number of rotatable bonds is 4. The molecule has 0 unspecified atom stereocenters. The van der Waals surface area contributed by atoms with Gasteiger partial charge < -0.3 is 5.11 Å². The molecule has 3 nitrogen and oxygen atoms in total. The van der Waals surface area contributed by atoms with E-state index in [9.17, 15) is 17.6 Å². The molecule has 1 saturated heterocycles. The van der Waals surface area contributed by atoms with Gasteiger partial charge in [0.2, 0.25) is 0 Å². The fourth-order valence-corrected chi connectivity index (χ4v) is 4.63. The van der Waals surface area contributed by atoms with Gasteiger partial charge in [0.1, 0.15) is 5.82 Å². The molecule has 7 heteroatoms. The number of benzene rings is 2. The monoisotopic (exact) mass is 408 g/mol. The second-order valence-electron chi connectivity index (χ2n) is 7.80. The highest BCUT2D eigenvalue weighted by atomic mass is 19.4. The highest BCUT2D eigenvalue weighted by Gasteiger charge is 2.39. The van der Waals surface area contributed by atoms with Crippen molar-refractivity contribution in [1.29, 1.82) is 0 Å². The summed E-state index contributed by atoms with van der Waals surface area (Å²) in [5.41, 5.74) is 1.92. The highest BCUT2D eigenvalue weighted by Crippen LogP contribution is 2.48. The van der Waals surface area contributed by atoms with E-state index in [1.54, 1.807) is 18.2 Å². The van der Waals surface area contributed by atoms with Gasteiger partial charge in [0.05, 0.1) is 12.2 Å². The lowest BCUT2D eigenvalue weighted by atomic mass is 9.92. The third kappa shape index (κ3) is 4.17. The summed E-state index contributed by atoms with van der Waals surface area (Å²) in [5, 5.41) is 9.12. The number of β-amino-alcohol motifs (C(OH)–C–C–N with tert-alkyl or cyclic N) is 1. The number of hydrogen-bond donors (Lipinski definition) is 1. The molecule has 0 aromatic heterocycles. The second kappa shape index (κ2) is 8.05. The number of nitrogens with zero attached hydrogens (tertiary/aromatic N) is 2. The van der Waals surface area contributed by atoms with Crippen LogP contribution in [0, 0.1) is 5.82 Å². The summed E-state index contributed by atoms with van der Waals surface area (Å²) in [6.07, 6.45) is -3.70. The molecule has 2 aromatic carbocycles. The number of piperazine rings is 1. The molecule has 1 fully saturated rings. The molecule has 1 heterocycles. The van der Waals surface area contributed by atoms with Crippen LogP contribution in [0.5, 0.6) is 0 Å². The van der Waals surface area contributed by atoms with E-state index in [1.807, 2.05) is 0 Å². The summed E-state index contributed by atoms with van der Waals surface area (Å²) >= 11 is 0. The maximum atomic E-state index is 13.4. The van der Waals surface area contributed by atoms with Crippen molar-refractivity contribution in [3.8, 4) is 0 Å². The van der Waals surface area contributed by atoms with Crippen LogP contribution in [0.25, 0.3) is 0 Å². The van der Waals surface area contributed by atoms with Gasteiger partial charge >= 0.3 is 6.18 Å². The summed E-state index contributed by atoms with van der Waals surface area (Å²) in [6, 6.07) is 10.2. The number of aliphatic hydroxyl groups is 1. The lowest BCUT2D eigenvalue weighted by molar-refractivity contribution is -0.137. The van der Waals surface area contributed by atoms with E-state index in [0.29, 0.717) is 13.0 Å². The zero-order valence-electron chi connectivity index (χ0n) is 16.0. The van der Waals surface area contributed by atoms with Crippen LogP contribution >= 0.6 is 0 Å². The number of halogens is 4. The van der Waals surface area contributed by atoms with Crippen molar-refractivity contribution in [3.05, 3.63) is 70.5 Å². The summed E-state index contributed by atoms with van der Waals surface area (Å²) < 4.78 is 53.4. The summed E-state index contributed by atoms with van der Waals surface area (Å²) in [4.78, 5) is 4.41. The Morgan fingerprint density at radius 2 is 1.62 bits per heavy atom. The van der Waals surface area contributed by atoms with Crippen molar-refractivity contribution in [2.24, 2.45) is 0 Å². The number of fused-ring (bicyclic) bond motifs is 1. The molecule has 29 heavy (non-hydrogen) atoms. The van der Waals surface area contributed by atoms with Gasteiger partial charge in [-0.15, -0.1) is 0 Å². The van der Waals surface area contributed by atoms with Gasteiger partial charge in [-0.25, -0.2) is 4.39 Å². The molecule has 156 valence electrons. The first kappa shape index (κ1) is 20.3. The quantitative estimate of drug-likeness (QED) is 0.774. The van der Waals surface area contributed by atoms with Crippen LogP contribution in [0.2, 0.25) is 0 Å². The minimum absolute atomic E-state index is 0.0478. The summed E-state index contributed by atoms with van der Waals surface area (Å²) in [7, 11) is 0. The average molecular weight is 408 g/mol. The van der Waals surface area contributed by atoms with Gasteiger partial charge in [-0.05, 0) is 47.4 Å². The predicted molar refractivity (Wildman–Crippen MR) is 102 cm³/mol. The van der Waals surface area contributed by atoms with Crippen LogP contribution in [0.3, 0.4) is 0 Å². The molecule has 0 bridgehead atoms. The van der Waals surface area contributed by atoms with Crippen molar-refractivity contribution >= 4 is 0 Å². The van der Waals surface area contributed by atoms with Crippen LogP contribution in [-0.2, 0) is 6.18 Å². The molecule has 4 rings (SSSR count). The molecule has 2 aliphatic rings. The molecule has 1 aliphatic carbocycles. The first-order valence-corrected chi connectivity index (χ1v) is 9.90. The van der Waals surface area contributed by atoms with Gasteiger partial charge in [0.25, 0.3) is 0 Å². The van der Waals surface area contributed by atoms with E-state index in [-0.39, 0.29) is 24.4 Å². The van der Waals surface area contributed by atoms with Crippen molar-refractivity contribution in [1.82, 2.24) is 9.80 Å². The Bertz CT molecular complexity index is 845. The van der Waals surface area contributed by atoms with Gasteiger partial charge in [-0.2, -0.15) is 13.2 Å². The van der Waals surface area contributed by atoms with Gasteiger partial charge in [-0.1, -0.05) is 18.2 Å². The van der Waals surface area contributed by atoms with E-state index < -0.39 is 11.7 Å². The third-order valence-corrected chi connectivity index (χ3v) is 6.14. The van der Waals surface area contributed by atoms with E-state index in [2.05, 4.69) is 9.80 Å². The van der Waals surface area contributed by atoms with Crippen molar-refractivity contribution in [2.45, 2.75) is 24.6 Å². The van der Waals surface area contributed by atoms with Crippen molar-refractivity contribution in [2.75, 3.05) is 39.3 Å². The maximum absolute atomic E-state index is 13.4. The summed E-state index contributed by atoms with van der Waals surface area (Å²) in [6.45, 7) is 3.78. The molecule has 1 aliphatic heterocycles. The van der Waals surface area contributed by atoms with E-state index in [1.165, 1.54) is 18.2 Å². The fraction of sp³-hybridized carbons (Fsp3) is 0.455. The van der Waals surface area contributed by atoms with E-state index >= 15 is 0 Å². The predicted octanol–water partition coefficient (Wildman–Crippen LogP) is 4.03. The molecule has 2 atom stereocenters. The molecule has 0 radical (unpaired) electrons. The Labute approximate surface area is 167 Å². The molecule has 2 aromatic rings. The molecule has 0 spiro atoms. The van der Waals surface area contributed by atoms with Crippen LogP contribution in [-0.4, -0.2) is 54.2 Å². The zero-order chi connectivity index (χ0) is 20.6. The number of alkyl halides is 3. The first-order valence-electron chi connectivity index (χ1n) is 9.90. The van der Waals surface area contributed by atoms with Crippen LogP contribution in [0.15, 0.2) is 42.5 Å². The Kier molecular flexibility index (Phi) is 5.64. The van der Waals surface area contributed by atoms with E-state index in [0.717, 1.165) is 48.9 Å². The Morgan fingerprint density at radius 1 is 0.931 bits per heavy atom.